The maximum Gasteiger partial charge on any atom is 0.228 e. The molecule has 1 aromatic carbocycles. The predicted octanol–water partition coefficient (Wildman–Crippen LogP) is 3.39. The number of carbonyl (C=O) groups excluding carboxylic acids is 1. The molecule has 3 nitrogen and oxygen atoms in total. The summed E-state index contributed by atoms with van der Waals surface area (Å²) in [6.07, 6.45) is 0.450. The molecule has 0 fully saturated rings. The maximum atomic E-state index is 11.4. The van der Waals surface area contributed by atoms with E-state index in [1.807, 2.05) is 13.1 Å². The molecule has 19 heavy (non-hydrogen) atoms. The Morgan fingerprint density at radius 2 is 2.00 bits per heavy atom. The SMILES string of the molecule is CNC(c1cc2c(cc1Cl)NC(=O)C2)C(C)C(C)C. The van der Waals surface area contributed by atoms with E-state index in [1.165, 1.54) is 0 Å². The molecule has 0 aromatic heterocycles. The first-order chi connectivity index (χ1) is 8.93. The molecule has 0 radical (unpaired) electrons. The van der Waals surface area contributed by atoms with Gasteiger partial charge in [-0.15, -0.1) is 0 Å². The molecule has 2 N–H and O–H groups in total. The molecule has 2 atom stereocenters. The Morgan fingerprint density at radius 3 is 2.58 bits per heavy atom. The minimum Gasteiger partial charge on any atom is -0.325 e. The number of nitrogens with one attached hydrogen (secondary N) is 2. The van der Waals surface area contributed by atoms with Crippen molar-refractivity contribution >= 4 is 23.2 Å². The number of amides is 1. The largest absolute Gasteiger partial charge is 0.325 e. The van der Waals surface area contributed by atoms with Gasteiger partial charge in [0.25, 0.3) is 0 Å². The number of hydrogen-bond donors (Lipinski definition) is 2. The lowest BCUT2D eigenvalue weighted by molar-refractivity contribution is -0.115. The van der Waals surface area contributed by atoms with Crippen LogP contribution in [0.2, 0.25) is 5.02 Å². The van der Waals surface area contributed by atoms with Crippen LogP contribution in [0.5, 0.6) is 0 Å². The number of benzene rings is 1. The monoisotopic (exact) mass is 280 g/mol. The molecular weight excluding hydrogens is 260 g/mol. The van der Waals surface area contributed by atoms with Gasteiger partial charge in [0.1, 0.15) is 0 Å². The fourth-order valence-corrected chi connectivity index (χ4v) is 2.87. The highest BCUT2D eigenvalue weighted by Crippen LogP contribution is 2.36. The van der Waals surface area contributed by atoms with Gasteiger partial charge in [-0.2, -0.15) is 0 Å². The van der Waals surface area contributed by atoms with Crippen molar-refractivity contribution in [3.05, 3.63) is 28.3 Å². The Bertz CT molecular complexity index is 499. The highest BCUT2D eigenvalue weighted by atomic mass is 35.5. The van der Waals surface area contributed by atoms with Crippen LogP contribution < -0.4 is 10.6 Å². The van der Waals surface area contributed by atoms with Gasteiger partial charge in [-0.05, 0) is 36.1 Å². The second kappa shape index (κ2) is 5.51. The van der Waals surface area contributed by atoms with E-state index >= 15 is 0 Å². The van der Waals surface area contributed by atoms with Crippen molar-refractivity contribution in [2.45, 2.75) is 33.2 Å². The summed E-state index contributed by atoms with van der Waals surface area (Å²) in [7, 11) is 1.95. The van der Waals surface area contributed by atoms with E-state index in [2.05, 4.69) is 37.5 Å². The third-order valence-corrected chi connectivity index (χ3v) is 4.40. The van der Waals surface area contributed by atoms with Gasteiger partial charge < -0.3 is 10.6 Å². The molecule has 1 aliphatic rings. The van der Waals surface area contributed by atoms with Crippen LogP contribution in [0.15, 0.2) is 12.1 Å². The van der Waals surface area contributed by atoms with E-state index in [0.717, 1.165) is 16.8 Å². The van der Waals surface area contributed by atoms with Crippen molar-refractivity contribution in [3.8, 4) is 0 Å². The van der Waals surface area contributed by atoms with E-state index in [1.54, 1.807) is 0 Å². The lowest BCUT2D eigenvalue weighted by Gasteiger charge is -2.28. The van der Waals surface area contributed by atoms with Gasteiger partial charge in [-0.25, -0.2) is 0 Å². The van der Waals surface area contributed by atoms with Gasteiger partial charge in [-0.3, -0.25) is 4.79 Å². The standard InChI is InChI=1S/C15H21ClN2O/c1-8(2)9(3)15(17-4)11-5-10-6-14(19)18-13(10)7-12(11)16/h5,7-9,15,17H,6H2,1-4H3,(H,18,19). The van der Waals surface area contributed by atoms with Gasteiger partial charge in [0, 0.05) is 16.8 Å². The van der Waals surface area contributed by atoms with Gasteiger partial charge in [0.2, 0.25) is 5.91 Å². The van der Waals surface area contributed by atoms with E-state index < -0.39 is 0 Å². The molecule has 1 aliphatic heterocycles. The van der Waals surface area contributed by atoms with Crippen LogP contribution in [-0.2, 0) is 11.2 Å². The lowest BCUT2D eigenvalue weighted by atomic mass is 9.85. The maximum absolute atomic E-state index is 11.4. The van der Waals surface area contributed by atoms with Crippen molar-refractivity contribution in [1.82, 2.24) is 5.32 Å². The summed E-state index contributed by atoms with van der Waals surface area (Å²) in [6, 6.07) is 4.14. The summed E-state index contributed by atoms with van der Waals surface area (Å²) in [5, 5.41) is 6.90. The summed E-state index contributed by atoms with van der Waals surface area (Å²) in [5.74, 6) is 1.06. The predicted molar refractivity (Wildman–Crippen MR) is 79.6 cm³/mol. The topological polar surface area (TPSA) is 41.1 Å². The van der Waals surface area contributed by atoms with Crippen LogP contribution in [0.4, 0.5) is 5.69 Å². The molecule has 0 aliphatic carbocycles. The fraction of sp³-hybridized carbons (Fsp3) is 0.533. The molecule has 2 rings (SSSR count). The summed E-state index contributed by atoms with van der Waals surface area (Å²) in [6.45, 7) is 6.64. The van der Waals surface area contributed by atoms with Crippen LogP contribution in [0.3, 0.4) is 0 Å². The minimum atomic E-state index is 0.0427. The van der Waals surface area contributed by atoms with Gasteiger partial charge >= 0.3 is 0 Å². The highest BCUT2D eigenvalue weighted by Gasteiger charge is 2.26. The summed E-state index contributed by atoms with van der Waals surface area (Å²) in [5.41, 5.74) is 2.98. The van der Waals surface area contributed by atoms with Crippen LogP contribution in [0, 0.1) is 11.8 Å². The van der Waals surface area contributed by atoms with E-state index in [0.29, 0.717) is 23.3 Å². The molecule has 2 unspecified atom stereocenters. The zero-order valence-corrected chi connectivity index (χ0v) is 12.6. The molecule has 1 aromatic rings. The zero-order valence-electron chi connectivity index (χ0n) is 11.9. The first kappa shape index (κ1) is 14.4. The molecule has 0 saturated carbocycles. The molecule has 0 saturated heterocycles. The Kier molecular flexibility index (Phi) is 4.16. The van der Waals surface area contributed by atoms with Crippen molar-refractivity contribution in [2.75, 3.05) is 12.4 Å². The number of anilines is 1. The summed E-state index contributed by atoms with van der Waals surface area (Å²) in [4.78, 5) is 11.4. The molecule has 104 valence electrons. The molecular formula is C15H21ClN2O. The quantitative estimate of drug-likeness (QED) is 0.888. The molecule has 1 amide bonds. The lowest BCUT2D eigenvalue weighted by Crippen LogP contribution is -2.27. The normalized spacial score (nSPS) is 17.3. The smallest absolute Gasteiger partial charge is 0.228 e. The van der Waals surface area contributed by atoms with Crippen molar-refractivity contribution < 1.29 is 4.79 Å². The zero-order chi connectivity index (χ0) is 14.2. The Morgan fingerprint density at radius 1 is 1.32 bits per heavy atom. The number of halogens is 1. The molecule has 0 bridgehead atoms. The van der Waals surface area contributed by atoms with Gasteiger partial charge in [-0.1, -0.05) is 38.4 Å². The van der Waals surface area contributed by atoms with E-state index in [-0.39, 0.29) is 11.9 Å². The van der Waals surface area contributed by atoms with Crippen LogP contribution in [-0.4, -0.2) is 13.0 Å². The van der Waals surface area contributed by atoms with E-state index in [4.69, 9.17) is 11.6 Å². The van der Waals surface area contributed by atoms with Gasteiger partial charge in [0.15, 0.2) is 0 Å². The third kappa shape index (κ3) is 2.77. The van der Waals surface area contributed by atoms with E-state index in [9.17, 15) is 4.79 Å². The van der Waals surface area contributed by atoms with Gasteiger partial charge in [0.05, 0.1) is 6.42 Å². The van der Waals surface area contributed by atoms with Crippen molar-refractivity contribution in [2.24, 2.45) is 11.8 Å². The Hall–Kier alpha value is -1.06. The third-order valence-electron chi connectivity index (χ3n) is 4.07. The van der Waals surface area contributed by atoms with Crippen molar-refractivity contribution in [1.29, 1.82) is 0 Å². The second-order valence-electron chi connectivity index (χ2n) is 5.63. The molecule has 4 heteroatoms. The number of carbonyl (C=O) groups is 1. The van der Waals surface area contributed by atoms with Crippen molar-refractivity contribution in [3.63, 3.8) is 0 Å². The minimum absolute atomic E-state index is 0.0427. The Balaban J connectivity index is 2.39. The van der Waals surface area contributed by atoms with Crippen LogP contribution in [0.25, 0.3) is 0 Å². The molecule has 1 heterocycles. The Labute approximate surface area is 119 Å². The van der Waals surface area contributed by atoms with Crippen LogP contribution in [0.1, 0.15) is 37.9 Å². The highest BCUT2D eigenvalue weighted by molar-refractivity contribution is 6.32. The second-order valence-corrected chi connectivity index (χ2v) is 6.03. The number of fused-ring (bicyclic) bond motifs is 1. The average Bonchev–Trinajstić information content (AvgIpc) is 2.69. The first-order valence-electron chi connectivity index (χ1n) is 6.73. The first-order valence-corrected chi connectivity index (χ1v) is 7.11. The van der Waals surface area contributed by atoms with Crippen LogP contribution >= 0.6 is 11.6 Å². The summed E-state index contributed by atoms with van der Waals surface area (Å²) < 4.78 is 0. The fourth-order valence-electron chi connectivity index (χ4n) is 2.59. The number of rotatable bonds is 4. The number of hydrogen-bond acceptors (Lipinski definition) is 2. The average molecular weight is 281 g/mol. The molecule has 0 spiro atoms. The summed E-state index contributed by atoms with van der Waals surface area (Å²) >= 11 is 6.39.